The van der Waals surface area contributed by atoms with Gasteiger partial charge in [0.2, 0.25) is 0 Å². The number of carbonyl (C=O) groups excluding carboxylic acids is 3. The first kappa shape index (κ1) is 21.3. The highest BCUT2D eigenvalue weighted by Crippen LogP contribution is 2.32. The molecule has 2 N–H and O–H groups in total. The summed E-state index contributed by atoms with van der Waals surface area (Å²) in [6.45, 7) is 8.20. The normalized spacial score (nSPS) is 10.6. The third-order valence-electron chi connectivity index (χ3n) is 4.05. The van der Waals surface area contributed by atoms with Crippen molar-refractivity contribution in [3.05, 3.63) is 30.0 Å². The van der Waals surface area contributed by atoms with Crippen LogP contribution in [-0.4, -0.2) is 23.5 Å². The number of fused-ring (bicyclic) bond motifs is 1. The van der Waals surface area contributed by atoms with Gasteiger partial charge in [-0.1, -0.05) is 19.4 Å². The summed E-state index contributed by atoms with van der Waals surface area (Å²) in [6, 6.07) is 7.54. The molecule has 0 saturated heterocycles. The second-order valence-corrected chi connectivity index (χ2v) is 6.79. The van der Waals surface area contributed by atoms with Gasteiger partial charge in [0, 0.05) is 17.8 Å². The molecule has 0 fully saturated rings. The first-order chi connectivity index (χ1) is 12.3. The van der Waals surface area contributed by atoms with Crippen LogP contribution in [-0.2, 0) is 14.4 Å². The molecule has 0 aliphatic heterocycles. The van der Waals surface area contributed by atoms with Crippen molar-refractivity contribution in [3.63, 3.8) is 0 Å². The summed E-state index contributed by atoms with van der Waals surface area (Å²) in [4.78, 5) is 33.0. The van der Waals surface area contributed by atoms with Crippen LogP contribution in [0.3, 0.4) is 0 Å². The number of aryl methyl sites for hydroxylation is 1. The first-order valence-corrected chi connectivity index (χ1v) is 8.58. The number of ether oxygens (including phenoxy) is 1. The van der Waals surface area contributed by atoms with Gasteiger partial charge in [-0.2, -0.15) is 9.59 Å². The molecular weight excluding hydrogens is 332 g/mol. The van der Waals surface area contributed by atoms with Gasteiger partial charge in [-0.05, 0) is 45.4 Å². The Morgan fingerprint density at radius 1 is 1.31 bits per heavy atom. The molecule has 0 aliphatic carbocycles. The summed E-state index contributed by atoms with van der Waals surface area (Å²) >= 11 is 0. The van der Waals surface area contributed by atoms with Crippen molar-refractivity contribution in [2.24, 2.45) is 5.41 Å². The summed E-state index contributed by atoms with van der Waals surface area (Å²) in [5, 5.41) is 0.815. The van der Waals surface area contributed by atoms with Crippen LogP contribution in [0.4, 0.5) is 5.69 Å². The number of pyridine rings is 1. The van der Waals surface area contributed by atoms with Crippen LogP contribution in [0, 0.1) is 12.3 Å². The number of unbranched alkanes of at least 4 members (excludes halogenated alkanes) is 1. The van der Waals surface area contributed by atoms with Crippen LogP contribution in [0.25, 0.3) is 10.9 Å². The molecule has 2 rings (SSSR count). The van der Waals surface area contributed by atoms with E-state index >= 15 is 0 Å². The molecular formula is C20H26N2O4. The number of Topliss-reactive ketones (excluding diaryl/α,β-unsaturated/α-hetero) is 1. The molecule has 0 unspecified atom stereocenters. The monoisotopic (exact) mass is 358 g/mol. The van der Waals surface area contributed by atoms with Crippen LogP contribution in [0.1, 0.15) is 45.7 Å². The second-order valence-electron chi connectivity index (χ2n) is 6.79. The molecule has 0 atom stereocenters. The molecule has 0 spiro atoms. The van der Waals surface area contributed by atoms with Gasteiger partial charge in [0.1, 0.15) is 18.1 Å². The van der Waals surface area contributed by atoms with E-state index in [0.717, 1.165) is 29.4 Å². The number of hydrogen-bond acceptors (Lipinski definition) is 6. The molecule has 0 saturated carbocycles. The minimum absolute atomic E-state index is 0.238. The average molecular weight is 358 g/mol. The quantitative estimate of drug-likeness (QED) is 0.810. The third kappa shape index (κ3) is 5.67. The lowest BCUT2D eigenvalue weighted by Gasteiger charge is -2.24. The SMILES string of the molecule is CCCCC(=O)C(C)(C)COc1cccc2nc(C)cc(N)c12.O=C=O. The Kier molecular flexibility index (Phi) is 7.94. The van der Waals surface area contributed by atoms with Crippen LogP contribution in [0.2, 0.25) is 0 Å². The summed E-state index contributed by atoms with van der Waals surface area (Å²) in [7, 11) is 0. The number of aromatic nitrogens is 1. The van der Waals surface area contributed by atoms with E-state index in [1.54, 1.807) is 0 Å². The van der Waals surface area contributed by atoms with Crippen LogP contribution >= 0.6 is 0 Å². The van der Waals surface area contributed by atoms with Crippen LogP contribution in [0.5, 0.6) is 5.75 Å². The highest BCUT2D eigenvalue weighted by atomic mass is 16.5. The smallest absolute Gasteiger partial charge is 0.373 e. The molecule has 26 heavy (non-hydrogen) atoms. The Labute approximate surface area is 153 Å². The van der Waals surface area contributed by atoms with E-state index in [1.807, 2.05) is 45.0 Å². The molecule has 6 heteroatoms. The first-order valence-electron chi connectivity index (χ1n) is 8.58. The van der Waals surface area contributed by atoms with Gasteiger partial charge in [-0.15, -0.1) is 0 Å². The standard InChI is InChI=1S/C19H26N2O2.CO2/c1-5-6-10-17(22)19(3,4)12-23-16-9-7-8-15-18(16)14(20)11-13(2)21-15;2-1-3/h7-9,11H,5-6,10,12H2,1-4H3,(H2,20,21);. The molecule has 6 nitrogen and oxygen atoms in total. The van der Waals surface area contributed by atoms with E-state index in [2.05, 4.69) is 11.9 Å². The van der Waals surface area contributed by atoms with Crippen LogP contribution in [0.15, 0.2) is 24.3 Å². The Balaban J connectivity index is 0.00000105. The molecule has 140 valence electrons. The Bertz CT molecular complexity index is 794. The summed E-state index contributed by atoms with van der Waals surface area (Å²) in [5.74, 6) is 0.922. The lowest BCUT2D eigenvalue weighted by molar-refractivity contribution is -0.191. The Morgan fingerprint density at radius 3 is 2.58 bits per heavy atom. The summed E-state index contributed by atoms with van der Waals surface area (Å²) in [6.07, 6.45) is 2.80. The molecule has 1 heterocycles. The zero-order valence-electron chi connectivity index (χ0n) is 15.8. The van der Waals surface area contributed by atoms with E-state index in [0.29, 0.717) is 24.5 Å². The predicted molar refractivity (Wildman–Crippen MR) is 99.7 cm³/mol. The number of anilines is 1. The highest BCUT2D eigenvalue weighted by Gasteiger charge is 2.28. The fraction of sp³-hybridized carbons (Fsp3) is 0.450. The minimum atomic E-state index is -0.510. The van der Waals surface area contributed by atoms with Crippen LogP contribution < -0.4 is 10.5 Å². The average Bonchev–Trinajstić information content (AvgIpc) is 2.58. The maximum atomic E-state index is 12.3. The number of benzene rings is 1. The molecule has 2 aromatic rings. The van der Waals surface area contributed by atoms with E-state index in [9.17, 15) is 4.79 Å². The van der Waals surface area contributed by atoms with E-state index in [4.69, 9.17) is 20.1 Å². The maximum Gasteiger partial charge on any atom is 0.373 e. The van der Waals surface area contributed by atoms with Gasteiger partial charge in [0.25, 0.3) is 0 Å². The van der Waals surface area contributed by atoms with Gasteiger partial charge in [0.15, 0.2) is 0 Å². The second kappa shape index (κ2) is 9.68. The summed E-state index contributed by atoms with van der Waals surface area (Å²) in [5.41, 5.74) is 7.97. The van der Waals surface area contributed by atoms with E-state index in [1.165, 1.54) is 0 Å². The fourth-order valence-corrected chi connectivity index (χ4v) is 2.56. The van der Waals surface area contributed by atoms with Crippen molar-refractivity contribution in [2.45, 2.75) is 47.0 Å². The van der Waals surface area contributed by atoms with Crippen molar-refractivity contribution in [1.82, 2.24) is 4.98 Å². The third-order valence-corrected chi connectivity index (χ3v) is 4.05. The van der Waals surface area contributed by atoms with Gasteiger partial charge in [0.05, 0.1) is 16.3 Å². The topological polar surface area (TPSA) is 99.3 Å². The molecule has 0 aliphatic rings. The van der Waals surface area contributed by atoms with E-state index < -0.39 is 5.41 Å². The number of nitrogen functional groups attached to an aromatic ring is 1. The van der Waals surface area contributed by atoms with Gasteiger partial charge in [-0.25, -0.2) is 0 Å². The van der Waals surface area contributed by atoms with Gasteiger partial charge in [-0.3, -0.25) is 9.78 Å². The highest BCUT2D eigenvalue weighted by molar-refractivity contribution is 5.95. The predicted octanol–water partition coefficient (Wildman–Crippen LogP) is 3.71. The maximum absolute atomic E-state index is 12.3. The number of ketones is 1. The van der Waals surface area contributed by atoms with Crippen molar-refractivity contribution in [1.29, 1.82) is 0 Å². The van der Waals surface area contributed by atoms with Crippen molar-refractivity contribution in [2.75, 3.05) is 12.3 Å². The molecule has 0 amide bonds. The molecule has 0 bridgehead atoms. The molecule has 0 radical (unpaired) electrons. The lowest BCUT2D eigenvalue weighted by Crippen LogP contribution is -2.31. The largest absolute Gasteiger partial charge is 0.492 e. The number of carbonyl (C=O) groups is 1. The fourth-order valence-electron chi connectivity index (χ4n) is 2.56. The van der Waals surface area contributed by atoms with E-state index in [-0.39, 0.29) is 11.9 Å². The lowest BCUT2D eigenvalue weighted by atomic mass is 9.86. The molecule has 1 aromatic heterocycles. The number of nitrogens with zero attached hydrogens (tertiary/aromatic N) is 1. The Morgan fingerprint density at radius 2 is 1.96 bits per heavy atom. The number of rotatable bonds is 7. The van der Waals surface area contributed by atoms with Crippen molar-refractivity contribution < 1.29 is 19.1 Å². The van der Waals surface area contributed by atoms with Crippen molar-refractivity contribution >= 4 is 28.5 Å². The van der Waals surface area contributed by atoms with Crippen molar-refractivity contribution in [3.8, 4) is 5.75 Å². The van der Waals surface area contributed by atoms with Gasteiger partial charge >= 0.3 is 6.15 Å². The number of nitrogens with two attached hydrogens (primary N) is 1. The summed E-state index contributed by atoms with van der Waals surface area (Å²) < 4.78 is 5.97. The van der Waals surface area contributed by atoms with Gasteiger partial charge < -0.3 is 10.5 Å². The number of hydrogen-bond donors (Lipinski definition) is 1. The molecule has 1 aromatic carbocycles. The minimum Gasteiger partial charge on any atom is -0.492 e. The zero-order chi connectivity index (χ0) is 19.7. The zero-order valence-corrected chi connectivity index (χ0v) is 15.8. The Hall–Kier alpha value is -2.72.